The molecule has 0 spiro atoms. The number of hydrogen-bond donors (Lipinski definition) is 1. The zero-order chi connectivity index (χ0) is 37.0. The molecule has 2 heterocycles. The number of benzene rings is 4. The van der Waals surface area contributed by atoms with Crippen LogP contribution in [0.25, 0.3) is 54.9 Å². The molecule has 1 N–H and O–H groups in total. The second-order valence-corrected chi connectivity index (χ2v) is 15.6. The van der Waals surface area contributed by atoms with Crippen molar-refractivity contribution in [1.29, 1.82) is 0 Å². The number of allylic oxidation sites excluding steroid dienone is 2. The van der Waals surface area contributed by atoms with Crippen molar-refractivity contribution in [3.63, 3.8) is 0 Å². The number of aliphatic hydroxyl groups excluding tert-OH is 1. The van der Waals surface area contributed by atoms with E-state index in [1.807, 2.05) is 27.7 Å². The minimum Gasteiger partial charge on any atom is -0.512 e. The van der Waals surface area contributed by atoms with Crippen LogP contribution in [0.4, 0.5) is 0 Å². The number of rotatable bonds is 10. The quantitative estimate of drug-likeness (QED) is 0.0846. The third kappa shape index (κ3) is 8.70. The van der Waals surface area contributed by atoms with Crippen LogP contribution in [0.5, 0.6) is 0 Å². The van der Waals surface area contributed by atoms with Gasteiger partial charge in [0.2, 0.25) is 0 Å². The molecule has 4 aromatic carbocycles. The van der Waals surface area contributed by atoms with Gasteiger partial charge in [-0.25, -0.2) is 0 Å². The van der Waals surface area contributed by atoms with Gasteiger partial charge < -0.3 is 9.52 Å². The molecule has 0 aliphatic carbocycles. The molecule has 6 rings (SSSR count). The van der Waals surface area contributed by atoms with E-state index in [9.17, 15) is 9.90 Å². The molecule has 0 aliphatic rings. The standard InChI is InChI=1S/C34H32NO.C13H24O2.Ir/c1-20(2)16-23-11-9-13-27-30-31(35-29-17-21(3)14-15-26(29)33(30)36-32(23)27)24-18-22-10-7-8-12-25(22)28(19-24)34(4,5)6;1-5-10(6-2)12(14)9-13(15)11(7-3)8-4;/h7-15,17,19-20H,16H2,1-6H3;9-11,14H,5-8H2,1-4H3;/q-1;;/b;12-9-;. The number of pyridine rings is 1. The summed E-state index contributed by atoms with van der Waals surface area (Å²) in [5.41, 5.74) is 8.55. The van der Waals surface area contributed by atoms with E-state index >= 15 is 0 Å². The van der Waals surface area contributed by atoms with Crippen molar-refractivity contribution in [3.05, 3.63) is 101 Å². The van der Waals surface area contributed by atoms with Crippen LogP contribution in [-0.4, -0.2) is 15.9 Å². The van der Waals surface area contributed by atoms with E-state index in [0.717, 1.165) is 81.6 Å². The predicted octanol–water partition coefficient (Wildman–Crippen LogP) is 13.4. The molecule has 6 aromatic rings. The van der Waals surface area contributed by atoms with E-state index in [0.29, 0.717) is 5.92 Å². The maximum absolute atomic E-state index is 11.7. The van der Waals surface area contributed by atoms with Crippen LogP contribution in [0.15, 0.2) is 83.0 Å². The SMILES string of the molecule is CCC(CC)C(=O)/C=C(\O)C(CC)CC.Cc1ccc2c(c1)nc(-c1[c-]c3ccccc3c(C(C)(C)C)c1)c1c3cccc(CC(C)C)c3oc21.[Ir]. The summed E-state index contributed by atoms with van der Waals surface area (Å²) in [5.74, 6) is 1.09. The molecule has 2 aromatic heterocycles. The van der Waals surface area contributed by atoms with Crippen molar-refractivity contribution in [1.82, 2.24) is 4.98 Å². The Labute approximate surface area is 324 Å². The first-order chi connectivity index (χ1) is 24.3. The molecule has 0 atom stereocenters. The normalized spacial score (nSPS) is 12.3. The van der Waals surface area contributed by atoms with Gasteiger partial charge in [-0.2, -0.15) is 0 Å². The molecule has 277 valence electrons. The van der Waals surface area contributed by atoms with E-state index in [1.54, 1.807) is 0 Å². The number of aryl methyl sites for hydroxylation is 1. The van der Waals surface area contributed by atoms with Gasteiger partial charge in [0.15, 0.2) is 5.78 Å². The molecule has 52 heavy (non-hydrogen) atoms. The molecule has 1 radical (unpaired) electrons. The van der Waals surface area contributed by atoms with Gasteiger partial charge in [-0.1, -0.05) is 116 Å². The second-order valence-electron chi connectivity index (χ2n) is 15.6. The van der Waals surface area contributed by atoms with Crippen LogP contribution in [0, 0.1) is 30.7 Å². The smallest absolute Gasteiger partial charge is 0.162 e. The largest absolute Gasteiger partial charge is 0.512 e. The van der Waals surface area contributed by atoms with Gasteiger partial charge in [-0.15, -0.1) is 29.1 Å². The van der Waals surface area contributed by atoms with Crippen LogP contribution in [0.1, 0.15) is 105 Å². The number of nitrogens with zero attached hydrogens (tertiary/aromatic N) is 1. The van der Waals surface area contributed by atoms with Crippen LogP contribution in [0.2, 0.25) is 0 Å². The summed E-state index contributed by atoms with van der Waals surface area (Å²) in [7, 11) is 0. The molecule has 4 nitrogen and oxygen atoms in total. The Morgan fingerprint density at radius 2 is 1.50 bits per heavy atom. The Kier molecular flexibility index (Phi) is 13.7. The number of hydrogen-bond acceptors (Lipinski definition) is 4. The molecule has 0 unspecified atom stereocenters. The van der Waals surface area contributed by atoms with Crippen molar-refractivity contribution in [2.75, 3.05) is 0 Å². The number of ketones is 1. The van der Waals surface area contributed by atoms with Crippen molar-refractivity contribution in [2.45, 2.75) is 107 Å². The van der Waals surface area contributed by atoms with Gasteiger partial charge in [-0.3, -0.25) is 9.78 Å². The molecule has 0 bridgehead atoms. The first-order valence-electron chi connectivity index (χ1n) is 19.0. The minimum atomic E-state index is -0.0150. The van der Waals surface area contributed by atoms with Crippen LogP contribution >= 0.6 is 0 Å². The molecular weight excluding hydrogens is 819 g/mol. The van der Waals surface area contributed by atoms with E-state index in [1.165, 1.54) is 28.2 Å². The fourth-order valence-electron chi connectivity index (χ4n) is 7.26. The fourth-order valence-corrected chi connectivity index (χ4v) is 7.26. The number of carbonyl (C=O) groups excluding carboxylic acids is 1. The molecule has 0 fully saturated rings. The third-order valence-electron chi connectivity index (χ3n) is 10.2. The zero-order valence-corrected chi connectivity index (χ0v) is 35.1. The zero-order valence-electron chi connectivity index (χ0n) is 32.7. The van der Waals surface area contributed by atoms with Gasteiger partial charge >= 0.3 is 0 Å². The maximum atomic E-state index is 11.7. The summed E-state index contributed by atoms with van der Waals surface area (Å²) in [6, 6.07) is 27.6. The number of fused-ring (bicyclic) bond motifs is 6. The Morgan fingerprint density at radius 3 is 2.13 bits per heavy atom. The van der Waals surface area contributed by atoms with E-state index in [2.05, 4.69) is 114 Å². The number of carbonyl (C=O) groups is 1. The van der Waals surface area contributed by atoms with E-state index in [-0.39, 0.29) is 48.9 Å². The molecule has 5 heteroatoms. The van der Waals surface area contributed by atoms with Crippen LogP contribution in [-0.2, 0) is 36.7 Å². The summed E-state index contributed by atoms with van der Waals surface area (Å²) in [6.45, 7) is 21.5. The number of aliphatic hydroxyl groups is 1. The number of para-hydroxylation sites is 1. The topological polar surface area (TPSA) is 63.3 Å². The van der Waals surface area contributed by atoms with Crippen LogP contribution < -0.4 is 0 Å². The summed E-state index contributed by atoms with van der Waals surface area (Å²) >= 11 is 0. The van der Waals surface area contributed by atoms with Gasteiger partial charge in [-0.05, 0) is 73.6 Å². The summed E-state index contributed by atoms with van der Waals surface area (Å²) in [5, 5.41) is 15.4. The third-order valence-corrected chi connectivity index (χ3v) is 10.2. The average Bonchev–Trinajstić information content (AvgIpc) is 3.49. The first-order valence-corrected chi connectivity index (χ1v) is 19.0. The Morgan fingerprint density at radius 1 is 0.846 bits per heavy atom. The first kappa shape index (κ1) is 41.0. The average molecular weight is 875 g/mol. The molecular formula is C47H56IrNO3-. The van der Waals surface area contributed by atoms with E-state index in [4.69, 9.17) is 9.40 Å². The molecule has 0 amide bonds. The summed E-state index contributed by atoms with van der Waals surface area (Å²) in [4.78, 5) is 17.0. The van der Waals surface area contributed by atoms with Gasteiger partial charge in [0.05, 0.1) is 11.3 Å². The summed E-state index contributed by atoms with van der Waals surface area (Å²) < 4.78 is 6.73. The van der Waals surface area contributed by atoms with Gasteiger partial charge in [0.25, 0.3) is 0 Å². The van der Waals surface area contributed by atoms with Crippen LogP contribution in [0.3, 0.4) is 0 Å². The van der Waals surface area contributed by atoms with Gasteiger partial charge in [0.1, 0.15) is 11.2 Å². The Hall–Kier alpha value is -3.79. The second kappa shape index (κ2) is 17.4. The fraction of sp³-hybridized carbons (Fsp3) is 0.404. The maximum Gasteiger partial charge on any atom is 0.162 e. The molecule has 0 saturated carbocycles. The Balaban J connectivity index is 0.000000323. The minimum absolute atomic E-state index is 0. The molecule has 0 saturated heterocycles. The number of furan rings is 1. The van der Waals surface area contributed by atoms with Gasteiger partial charge in [0, 0.05) is 59.9 Å². The van der Waals surface area contributed by atoms with Crippen molar-refractivity contribution in [2.24, 2.45) is 17.8 Å². The monoisotopic (exact) mass is 875 g/mol. The predicted molar refractivity (Wildman–Crippen MR) is 217 cm³/mol. The number of aromatic nitrogens is 1. The van der Waals surface area contributed by atoms with E-state index < -0.39 is 0 Å². The van der Waals surface area contributed by atoms with Crippen molar-refractivity contribution >= 4 is 49.4 Å². The summed E-state index contributed by atoms with van der Waals surface area (Å²) in [6.07, 6.45) is 5.89. The van der Waals surface area contributed by atoms with Crippen molar-refractivity contribution < 1.29 is 34.4 Å². The Bertz CT molecular complexity index is 2190. The molecule has 0 aliphatic heterocycles. The van der Waals surface area contributed by atoms with Crippen molar-refractivity contribution in [3.8, 4) is 11.3 Å².